The van der Waals surface area contributed by atoms with Crippen molar-refractivity contribution in [3.05, 3.63) is 89.5 Å². The fraction of sp³-hybridized carbons (Fsp3) is 0.179. The number of aryl methyl sites for hydroxylation is 1. The molecular weight excluding hydrogens is 444 g/mol. The molecule has 0 saturated carbocycles. The molecule has 1 aliphatic rings. The Morgan fingerprint density at radius 3 is 2.14 bits per heavy atom. The molecule has 0 unspecified atom stereocenters. The molecule has 0 heterocycles. The molecule has 0 aromatic heterocycles. The lowest BCUT2D eigenvalue weighted by Gasteiger charge is -2.18. The Morgan fingerprint density at radius 1 is 0.943 bits per heavy atom. The second-order valence-corrected chi connectivity index (χ2v) is 8.10. The van der Waals surface area contributed by atoms with Gasteiger partial charge in [-0.05, 0) is 47.2 Å². The predicted molar refractivity (Wildman–Crippen MR) is 132 cm³/mol. The van der Waals surface area contributed by atoms with Crippen LogP contribution in [0.4, 0.5) is 10.5 Å². The molecule has 0 bridgehead atoms. The first kappa shape index (κ1) is 23.6. The minimum Gasteiger partial charge on any atom is -0.480 e. The van der Waals surface area contributed by atoms with Gasteiger partial charge in [-0.15, -0.1) is 0 Å². The topological polar surface area (TPSA) is 95.9 Å². The lowest BCUT2D eigenvalue weighted by Crippen LogP contribution is -2.35. The summed E-state index contributed by atoms with van der Waals surface area (Å²) in [5.74, 6) is 3.06. The zero-order chi connectivity index (χ0) is 24.8. The number of fused-ring (bicyclic) bond motifs is 3. The largest absolute Gasteiger partial charge is 0.480 e. The van der Waals surface area contributed by atoms with E-state index in [1.54, 1.807) is 24.3 Å². The standard InChI is InChI=1S/C28H24N2O5/c1-19-12-14-20(15-13-19)30(17-27(32)33)26(31)11-6-16-29-28(34)35-18-25-23-9-4-2-7-21(23)22-8-3-5-10-24(22)25/h2-5,7-10,12-15,25H,16-18H2,1H3,(H,29,34)(H,32,33). The van der Waals surface area contributed by atoms with Crippen LogP contribution in [0.2, 0.25) is 0 Å². The summed E-state index contributed by atoms with van der Waals surface area (Å²) in [4.78, 5) is 37.0. The molecule has 2 N–H and O–H groups in total. The maximum Gasteiger partial charge on any atom is 0.407 e. The molecule has 7 nitrogen and oxygen atoms in total. The Morgan fingerprint density at radius 2 is 1.54 bits per heavy atom. The summed E-state index contributed by atoms with van der Waals surface area (Å²) in [7, 11) is 0. The van der Waals surface area contributed by atoms with Gasteiger partial charge < -0.3 is 15.2 Å². The van der Waals surface area contributed by atoms with E-state index >= 15 is 0 Å². The fourth-order valence-corrected chi connectivity index (χ4v) is 4.09. The van der Waals surface area contributed by atoms with Gasteiger partial charge in [-0.25, -0.2) is 4.79 Å². The van der Waals surface area contributed by atoms with Gasteiger partial charge in [0.1, 0.15) is 13.2 Å². The van der Waals surface area contributed by atoms with Gasteiger partial charge in [-0.3, -0.25) is 14.5 Å². The highest BCUT2D eigenvalue weighted by Crippen LogP contribution is 2.44. The minimum absolute atomic E-state index is 0.0556. The Bertz CT molecular complexity index is 1280. The normalized spacial score (nSPS) is 11.5. The zero-order valence-corrected chi connectivity index (χ0v) is 19.2. The summed E-state index contributed by atoms with van der Waals surface area (Å²) in [6.07, 6.45) is -0.644. The number of alkyl carbamates (subject to hydrolysis) is 1. The van der Waals surface area contributed by atoms with E-state index in [0.29, 0.717) is 5.69 Å². The number of nitrogens with zero attached hydrogens (tertiary/aromatic N) is 1. The van der Waals surface area contributed by atoms with Crippen molar-refractivity contribution in [1.82, 2.24) is 5.32 Å². The number of carboxylic acid groups (broad SMARTS) is 1. The van der Waals surface area contributed by atoms with Crippen molar-refractivity contribution in [3.63, 3.8) is 0 Å². The van der Waals surface area contributed by atoms with Gasteiger partial charge in [0.15, 0.2) is 0 Å². The molecule has 4 rings (SSSR count). The van der Waals surface area contributed by atoms with Gasteiger partial charge >= 0.3 is 18.0 Å². The number of ether oxygens (including phenoxy) is 1. The molecule has 0 fully saturated rings. The second-order valence-electron chi connectivity index (χ2n) is 8.10. The average molecular weight is 469 g/mol. The van der Waals surface area contributed by atoms with Crippen molar-refractivity contribution in [1.29, 1.82) is 0 Å². The van der Waals surface area contributed by atoms with Crippen LogP contribution in [-0.2, 0) is 14.3 Å². The van der Waals surface area contributed by atoms with Gasteiger partial charge in [-0.1, -0.05) is 72.1 Å². The Kier molecular flexibility index (Phi) is 7.12. The fourth-order valence-electron chi connectivity index (χ4n) is 4.09. The van der Waals surface area contributed by atoms with E-state index in [-0.39, 0.29) is 19.1 Å². The average Bonchev–Trinajstić information content (AvgIpc) is 3.18. The molecule has 0 saturated heterocycles. The molecule has 0 atom stereocenters. The molecule has 1 aliphatic carbocycles. The highest BCUT2D eigenvalue weighted by Gasteiger charge is 2.28. The SMILES string of the molecule is Cc1ccc(N(CC(=O)O)C(=O)C#CCNC(=O)OCC2c3ccccc3-c3ccccc32)cc1. The van der Waals surface area contributed by atoms with Crippen molar-refractivity contribution in [3.8, 4) is 23.0 Å². The molecule has 2 amide bonds. The third kappa shape index (κ3) is 5.50. The summed E-state index contributed by atoms with van der Waals surface area (Å²) < 4.78 is 5.44. The molecule has 3 aromatic rings. The van der Waals surface area contributed by atoms with Crippen LogP contribution in [0, 0.1) is 18.8 Å². The van der Waals surface area contributed by atoms with E-state index in [2.05, 4.69) is 29.3 Å². The number of nitrogens with one attached hydrogen (secondary N) is 1. The third-order valence-corrected chi connectivity index (χ3v) is 5.74. The first-order chi connectivity index (χ1) is 16.9. The lowest BCUT2D eigenvalue weighted by atomic mass is 9.98. The predicted octanol–water partition coefficient (Wildman–Crippen LogP) is 3.95. The van der Waals surface area contributed by atoms with E-state index in [4.69, 9.17) is 9.84 Å². The zero-order valence-electron chi connectivity index (χ0n) is 19.2. The van der Waals surface area contributed by atoms with Crippen LogP contribution in [0.3, 0.4) is 0 Å². The number of hydrogen-bond donors (Lipinski definition) is 2. The molecule has 35 heavy (non-hydrogen) atoms. The summed E-state index contributed by atoms with van der Waals surface area (Å²) in [5, 5.41) is 11.7. The van der Waals surface area contributed by atoms with Crippen LogP contribution in [0.5, 0.6) is 0 Å². The van der Waals surface area contributed by atoms with Crippen molar-refractivity contribution in [2.75, 3.05) is 24.6 Å². The first-order valence-electron chi connectivity index (χ1n) is 11.1. The lowest BCUT2D eigenvalue weighted by molar-refractivity contribution is -0.136. The number of rotatable bonds is 6. The monoisotopic (exact) mass is 468 g/mol. The van der Waals surface area contributed by atoms with Gasteiger partial charge in [0, 0.05) is 11.6 Å². The van der Waals surface area contributed by atoms with Crippen LogP contribution in [0.1, 0.15) is 22.6 Å². The summed E-state index contributed by atoms with van der Waals surface area (Å²) in [6.45, 7) is 1.43. The molecular formula is C28H24N2O5. The van der Waals surface area contributed by atoms with Gasteiger partial charge in [0.05, 0.1) is 6.54 Å². The van der Waals surface area contributed by atoms with Crippen molar-refractivity contribution < 1.29 is 24.2 Å². The summed E-state index contributed by atoms with van der Waals surface area (Å²) in [5.41, 5.74) is 5.92. The van der Waals surface area contributed by atoms with Gasteiger partial charge in [-0.2, -0.15) is 0 Å². The van der Waals surface area contributed by atoms with Crippen molar-refractivity contribution >= 4 is 23.7 Å². The quantitative estimate of drug-likeness (QED) is 0.534. The Balaban J connectivity index is 1.33. The summed E-state index contributed by atoms with van der Waals surface area (Å²) >= 11 is 0. The van der Waals surface area contributed by atoms with Crippen LogP contribution >= 0.6 is 0 Å². The minimum atomic E-state index is -1.16. The number of hydrogen-bond acceptors (Lipinski definition) is 4. The highest BCUT2D eigenvalue weighted by atomic mass is 16.5. The second kappa shape index (κ2) is 10.6. The number of carbonyl (C=O) groups excluding carboxylic acids is 2. The smallest absolute Gasteiger partial charge is 0.407 e. The highest BCUT2D eigenvalue weighted by molar-refractivity contribution is 6.08. The van der Waals surface area contributed by atoms with E-state index < -0.39 is 24.5 Å². The van der Waals surface area contributed by atoms with Crippen LogP contribution in [0.15, 0.2) is 72.8 Å². The van der Waals surface area contributed by atoms with Crippen molar-refractivity contribution in [2.24, 2.45) is 0 Å². The van der Waals surface area contributed by atoms with E-state index in [9.17, 15) is 14.4 Å². The van der Waals surface area contributed by atoms with Crippen LogP contribution in [-0.4, -0.2) is 42.8 Å². The van der Waals surface area contributed by atoms with Crippen LogP contribution in [0.25, 0.3) is 11.1 Å². The molecule has 0 spiro atoms. The third-order valence-electron chi connectivity index (χ3n) is 5.74. The number of carboxylic acids is 1. The number of carbonyl (C=O) groups is 3. The Labute approximate surface area is 203 Å². The number of aliphatic carboxylic acids is 1. The van der Waals surface area contributed by atoms with E-state index in [1.165, 1.54) is 0 Å². The molecule has 0 aliphatic heterocycles. The molecule has 7 heteroatoms. The Hall–Kier alpha value is -4.57. The van der Waals surface area contributed by atoms with Crippen LogP contribution < -0.4 is 10.2 Å². The molecule has 3 aromatic carbocycles. The first-order valence-corrected chi connectivity index (χ1v) is 11.1. The maximum absolute atomic E-state index is 12.5. The molecule has 176 valence electrons. The number of amides is 2. The van der Waals surface area contributed by atoms with Crippen molar-refractivity contribution in [2.45, 2.75) is 12.8 Å². The van der Waals surface area contributed by atoms with Gasteiger partial charge in [0.25, 0.3) is 0 Å². The maximum atomic E-state index is 12.5. The van der Waals surface area contributed by atoms with E-state index in [0.717, 1.165) is 32.7 Å². The van der Waals surface area contributed by atoms with E-state index in [1.807, 2.05) is 43.3 Å². The van der Waals surface area contributed by atoms with Gasteiger partial charge in [0.2, 0.25) is 0 Å². The molecule has 0 radical (unpaired) electrons. The summed E-state index contributed by atoms with van der Waals surface area (Å²) in [6, 6.07) is 23.0. The number of anilines is 1. The number of benzene rings is 3.